The van der Waals surface area contributed by atoms with Gasteiger partial charge in [-0.05, 0) is 24.0 Å². The van der Waals surface area contributed by atoms with Gasteiger partial charge in [-0.15, -0.1) is 0 Å². The number of carboxylic acids is 1. The van der Waals surface area contributed by atoms with Crippen LogP contribution in [0.3, 0.4) is 0 Å². The summed E-state index contributed by atoms with van der Waals surface area (Å²) in [5, 5.41) is 17.3. The van der Waals surface area contributed by atoms with Gasteiger partial charge in [0, 0.05) is 29.3 Å². The Kier molecular flexibility index (Phi) is 10.9. The first kappa shape index (κ1) is 29.6. The standard InChI is InChI=1S/C24H34N6O6S/c1-12(2)7-15(25)21(32)28-17(8-13-10-27-16-6-4-3-5-14(13)16)22(33)29-18(9-20(26)31)23(34)30-19(11-37)24(35)36/h3-6,10,12,15,17-19,27,37H,7-9,11,25H2,1-2H3,(H2,26,31)(H,28,32)(H,29,33)(H,30,34)(H,35,36). The fourth-order valence-electron chi connectivity index (χ4n) is 3.76. The van der Waals surface area contributed by atoms with E-state index in [0.717, 1.165) is 16.5 Å². The fraction of sp³-hybridized carbons (Fsp3) is 0.458. The second kappa shape index (κ2) is 13.7. The summed E-state index contributed by atoms with van der Waals surface area (Å²) in [6.07, 6.45) is 1.57. The third-order valence-corrected chi connectivity index (χ3v) is 5.99. The molecule has 0 spiro atoms. The van der Waals surface area contributed by atoms with Gasteiger partial charge in [-0.1, -0.05) is 32.0 Å². The minimum atomic E-state index is -1.47. The highest BCUT2D eigenvalue weighted by atomic mass is 32.1. The summed E-state index contributed by atoms with van der Waals surface area (Å²) in [4.78, 5) is 64.8. The molecule has 13 heteroatoms. The molecule has 2 aromatic rings. The van der Waals surface area contributed by atoms with E-state index in [1.165, 1.54) is 0 Å². The molecule has 0 saturated heterocycles. The van der Waals surface area contributed by atoms with Gasteiger partial charge in [0.1, 0.15) is 18.1 Å². The zero-order valence-electron chi connectivity index (χ0n) is 20.7. The monoisotopic (exact) mass is 534 g/mol. The van der Waals surface area contributed by atoms with Crippen molar-refractivity contribution in [2.45, 2.75) is 57.3 Å². The number of hydrogen-bond donors (Lipinski definition) is 8. The number of fused-ring (bicyclic) bond motifs is 1. The van der Waals surface area contributed by atoms with Gasteiger partial charge in [0.15, 0.2) is 0 Å². The molecule has 202 valence electrons. The van der Waals surface area contributed by atoms with E-state index in [-0.39, 0.29) is 18.1 Å². The number of benzene rings is 1. The Morgan fingerprint density at radius 2 is 1.57 bits per heavy atom. The molecule has 1 heterocycles. The smallest absolute Gasteiger partial charge is 0.327 e. The van der Waals surface area contributed by atoms with Crippen molar-refractivity contribution < 1.29 is 29.1 Å². The molecule has 0 saturated carbocycles. The Bertz CT molecular complexity index is 1140. The molecular formula is C24H34N6O6S. The number of hydrogen-bond acceptors (Lipinski definition) is 7. The molecule has 0 aliphatic heterocycles. The largest absolute Gasteiger partial charge is 0.480 e. The Labute approximate surface area is 219 Å². The Morgan fingerprint density at radius 1 is 0.973 bits per heavy atom. The first-order valence-corrected chi connectivity index (χ1v) is 12.4. The van der Waals surface area contributed by atoms with Crippen molar-refractivity contribution in [1.29, 1.82) is 0 Å². The van der Waals surface area contributed by atoms with Crippen LogP contribution >= 0.6 is 12.6 Å². The van der Waals surface area contributed by atoms with Crippen molar-refractivity contribution in [3.63, 3.8) is 0 Å². The average molecular weight is 535 g/mol. The van der Waals surface area contributed by atoms with Crippen LogP contribution in [0.5, 0.6) is 0 Å². The maximum absolute atomic E-state index is 13.3. The number of nitrogens with two attached hydrogens (primary N) is 2. The molecule has 12 nitrogen and oxygen atoms in total. The number of H-pyrrole nitrogens is 1. The Hall–Kier alpha value is -3.58. The van der Waals surface area contributed by atoms with E-state index in [4.69, 9.17) is 11.5 Å². The topological polar surface area (TPSA) is 209 Å². The van der Waals surface area contributed by atoms with Crippen molar-refractivity contribution in [3.8, 4) is 0 Å². The predicted molar refractivity (Wildman–Crippen MR) is 141 cm³/mol. The number of rotatable bonds is 14. The molecule has 37 heavy (non-hydrogen) atoms. The van der Waals surface area contributed by atoms with Crippen molar-refractivity contribution in [3.05, 3.63) is 36.0 Å². The molecule has 4 unspecified atom stereocenters. The van der Waals surface area contributed by atoms with Crippen LogP contribution in [0.1, 0.15) is 32.3 Å². The maximum Gasteiger partial charge on any atom is 0.327 e. The maximum atomic E-state index is 13.3. The van der Waals surface area contributed by atoms with Crippen LogP contribution < -0.4 is 27.4 Å². The number of thiol groups is 1. The van der Waals surface area contributed by atoms with Gasteiger partial charge < -0.3 is 37.5 Å². The molecule has 1 aromatic carbocycles. The zero-order valence-corrected chi connectivity index (χ0v) is 21.6. The van der Waals surface area contributed by atoms with E-state index in [2.05, 4.69) is 33.6 Å². The number of carbonyl (C=O) groups is 5. The summed E-state index contributed by atoms with van der Waals surface area (Å²) in [6, 6.07) is 2.55. The van der Waals surface area contributed by atoms with Gasteiger partial charge in [-0.25, -0.2) is 4.79 Å². The van der Waals surface area contributed by atoms with Crippen molar-refractivity contribution in [2.24, 2.45) is 17.4 Å². The number of amides is 4. The predicted octanol–water partition coefficient (Wildman–Crippen LogP) is -0.572. The second-order valence-corrected chi connectivity index (χ2v) is 9.54. The van der Waals surface area contributed by atoms with Crippen LogP contribution in [0.2, 0.25) is 0 Å². The molecule has 0 fully saturated rings. The number of primary amides is 1. The average Bonchev–Trinajstić information content (AvgIpc) is 3.23. The SMILES string of the molecule is CC(C)CC(N)C(=O)NC(Cc1c[nH]c2ccccc12)C(=O)NC(CC(N)=O)C(=O)NC(CS)C(=O)O. The van der Waals surface area contributed by atoms with E-state index in [9.17, 15) is 29.1 Å². The summed E-state index contributed by atoms with van der Waals surface area (Å²) in [7, 11) is 0. The number of aromatic nitrogens is 1. The molecule has 0 radical (unpaired) electrons. The first-order valence-electron chi connectivity index (χ1n) is 11.8. The lowest BCUT2D eigenvalue weighted by Crippen LogP contribution is -2.58. The number of aromatic amines is 1. The number of para-hydroxylation sites is 1. The molecular weight excluding hydrogens is 500 g/mol. The minimum Gasteiger partial charge on any atom is -0.480 e. The van der Waals surface area contributed by atoms with Crippen LogP contribution in [-0.4, -0.2) is 69.6 Å². The van der Waals surface area contributed by atoms with Crippen molar-refractivity contribution in [1.82, 2.24) is 20.9 Å². The molecule has 1 aromatic heterocycles. The number of aliphatic carboxylic acids is 1. The van der Waals surface area contributed by atoms with E-state index >= 15 is 0 Å². The summed E-state index contributed by atoms with van der Waals surface area (Å²) in [5.41, 5.74) is 12.8. The Morgan fingerprint density at radius 3 is 2.16 bits per heavy atom. The molecule has 4 amide bonds. The zero-order chi connectivity index (χ0) is 27.7. The second-order valence-electron chi connectivity index (χ2n) is 9.17. The fourth-order valence-corrected chi connectivity index (χ4v) is 4.01. The van der Waals surface area contributed by atoms with Crippen LogP contribution in [0.4, 0.5) is 0 Å². The number of carboxylic acid groups (broad SMARTS) is 1. The molecule has 0 aliphatic rings. The summed E-state index contributed by atoms with van der Waals surface area (Å²) in [5.74, 6) is -4.56. The van der Waals surface area contributed by atoms with Gasteiger partial charge in [0.25, 0.3) is 0 Å². The summed E-state index contributed by atoms with van der Waals surface area (Å²) >= 11 is 3.89. The lowest BCUT2D eigenvalue weighted by Gasteiger charge is -2.25. The van der Waals surface area contributed by atoms with E-state index in [1.807, 2.05) is 38.1 Å². The lowest BCUT2D eigenvalue weighted by atomic mass is 10.0. The molecule has 9 N–H and O–H groups in total. The molecule has 4 atom stereocenters. The van der Waals surface area contributed by atoms with Crippen LogP contribution in [-0.2, 0) is 30.4 Å². The summed E-state index contributed by atoms with van der Waals surface area (Å²) < 4.78 is 0. The van der Waals surface area contributed by atoms with Crippen LogP contribution in [0, 0.1) is 5.92 Å². The van der Waals surface area contributed by atoms with Crippen LogP contribution in [0.25, 0.3) is 10.9 Å². The quantitative estimate of drug-likeness (QED) is 0.148. The molecule has 2 rings (SSSR count). The van der Waals surface area contributed by atoms with Gasteiger partial charge in [0.2, 0.25) is 23.6 Å². The third kappa shape index (κ3) is 8.79. The Balaban J connectivity index is 2.30. The van der Waals surface area contributed by atoms with Gasteiger partial charge >= 0.3 is 5.97 Å². The van der Waals surface area contributed by atoms with Crippen molar-refractivity contribution in [2.75, 3.05) is 5.75 Å². The van der Waals surface area contributed by atoms with Gasteiger partial charge in [-0.2, -0.15) is 12.6 Å². The van der Waals surface area contributed by atoms with Gasteiger partial charge in [0.05, 0.1) is 12.5 Å². The van der Waals surface area contributed by atoms with Crippen molar-refractivity contribution >= 4 is 53.1 Å². The van der Waals surface area contributed by atoms with E-state index < -0.39 is 60.2 Å². The third-order valence-electron chi connectivity index (χ3n) is 5.63. The number of carbonyl (C=O) groups excluding carboxylic acids is 4. The minimum absolute atomic E-state index is 0.0509. The molecule has 0 bridgehead atoms. The molecule has 0 aliphatic carbocycles. The lowest BCUT2D eigenvalue weighted by molar-refractivity contribution is -0.141. The van der Waals surface area contributed by atoms with E-state index in [1.54, 1.807) is 6.20 Å². The number of nitrogens with one attached hydrogen (secondary N) is 4. The first-order chi connectivity index (χ1) is 17.4. The summed E-state index contributed by atoms with van der Waals surface area (Å²) in [6.45, 7) is 3.82. The highest BCUT2D eigenvalue weighted by Crippen LogP contribution is 2.19. The van der Waals surface area contributed by atoms with Gasteiger partial charge in [-0.3, -0.25) is 19.2 Å². The normalized spacial score (nSPS) is 14.4. The highest BCUT2D eigenvalue weighted by molar-refractivity contribution is 7.80. The van der Waals surface area contributed by atoms with E-state index in [0.29, 0.717) is 6.42 Å². The van der Waals surface area contributed by atoms with Crippen LogP contribution in [0.15, 0.2) is 30.5 Å². The highest BCUT2D eigenvalue weighted by Gasteiger charge is 2.31.